The van der Waals surface area contributed by atoms with E-state index in [0.717, 1.165) is 11.8 Å². The molecular weight excluding hydrogens is 204 g/mol. The molecule has 0 aromatic carbocycles. The van der Waals surface area contributed by atoms with E-state index >= 15 is 0 Å². The van der Waals surface area contributed by atoms with Gasteiger partial charge in [0.25, 0.3) is 0 Å². The molecule has 102 valence electrons. The molecule has 0 aliphatic rings. The van der Waals surface area contributed by atoms with E-state index in [4.69, 9.17) is 0 Å². The van der Waals surface area contributed by atoms with Crippen LogP contribution in [0.3, 0.4) is 0 Å². The van der Waals surface area contributed by atoms with Crippen molar-refractivity contribution in [3.63, 3.8) is 0 Å². The van der Waals surface area contributed by atoms with E-state index in [1.807, 2.05) is 0 Å². The van der Waals surface area contributed by atoms with E-state index in [1.165, 1.54) is 57.8 Å². The molecule has 0 radical (unpaired) electrons. The Labute approximate surface area is 110 Å². The molecule has 17 heavy (non-hydrogen) atoms. The van der Waals surface area contributed by atoms with E-state index in [-0.39, 0.29) is 0 Å². The quantitative estimate of drug-likeness (QED) is 0.290. The van der Waals surface area contributed by atoms with Crippen molar-refractivity contribution in [2.24, 2.45) is 11.8 Å². The third-order valence-corrected chi connectivity index (χ3v) is 3.90. The summed E-state index contributed by atoms with van der Waals surface area (Å²) in [6.07, 6.45) is 17.1. The molecular formula is C17H34. The monoisotopic (exact) mass is 238 g/mol. The second-order valence-electron chi connectivity index (χ2n) is 5.68. The minimum absolute atomic E-state index is 0.876. The fourth-order valence-electron chi connectivity index (χ4n) is 2.55. The van der Waals surface area contributed by atoms with Gasteiger partial charge < -0.3 is 0 Å². The van der Waals surface area contributed by atoms with Crippen LogP contribution in [0.25, 0.3) is 0 Å². The maximum atomic E-state index is 2.37. The lowest BCUT2D eigenvalue weighted by atomic mass is 9.88. The highest BCUT2D eigenvalue weighted by Crippen LogP contribution is 2.22. The van der Waals surface area contributed by atoms with Crippen LogP contribution in [0.1, 0.15) is 85.5 Å². The molecule has 1 atom stereocenters. The van der Waals surface area contributed by atoms with Crippen LogP contribution in [-0.4, -0.2) is 0 Å². The lowest BCUT2D eigenvalue weighted by Gasteiger charge is -2.18. The van der Waals surface area contributed by atoms with Gasteiger partial charge in [-0.2, -0.15) is 0 Å². The van der Waals surface area contributed by atoms with E-state index in [9.17, 15) is 0 Å². The van der Waals surface area contributed by atoms with Gasteiger partial charge in [-0.25, -0.2) is 0 Å². The molecule has 0 aromatic rings. The summed E-state index contributed by atoms with van der Waals surface area (Å²) in [7, 11) is 0. The summed E-state index contributed by atoms with van der Waals surface area (Å²) in [5.41, 5.74) is 0. The van der Waals surface area contributed by atoms with E-state index in [0.29, 0.717) is 0 Å². The Morgan fingerprint density at radius 1 is 0.882 bits per heavy atom. The first-order valence-electron chi connectivity index (χ1n) is 7.83. The van der Waals surface area contributed by atoms with Gasteiger partial charge in [-0.3, -0.25) is 0 Å². The van der Waals surface area contributed by atoms with Crippen LogP contribution in [0, 0.1) is 11.8 Å². The zero-order chi connectivity index (χ0) is 12.9. The van der Waals surface area contributed by atoms with E-state index in [2.05, 4.69) is 39.8 Å². The summed E-state index contributed by atoms with van der Waals surface area (Å²) < 4.78 is 0. The molecule has 0 spiro atoms. The molecule has 0 heteroatoms. The van der Waals surface area contributed by atoms with Crippen molar-refractivity contribution in [1.82, 2.24) is 0 Å². The SMILES string of the molecule is CC=CCCCCCCCCC(CC)C(C)C. The minimum Gasteiger partial charge on any atom is -0.0917 e. The summed E-state index contributed by atoms with van der Waals surface area (Å²) in [4.78, 5) is 0. The number of rotatable bonds is 11. The normalized spacial score (nSPS) is 13.7. The Balaban J connectivity index is 3.22. The zero-order valence-corrected chi connectivity index (χ0v) is 12.7. The van der Waals surface area contributed by atoms with Gasteiger partial charge >= 0.3 is 0 Å². The Bertz CT molecular complexity index is 167. The van der Waals surface area contributed by atoms with Crippen molar-refractivity contribution in [3.05, 3.63) is 12.2 Å². The predicted molar refractivity (Wildman–Crippen MR) is 80.4 cm³/mol. The zero-order valence-electron chi connectivity index (χ0n) is 12.7. The van der Waals surface area contributed by atoms with Crippen LogP contribution in [0.15, 0.2) is 12.2 Å². The summed E-state index contributed by atoms with van der Waals surface area (Å²) in [5, 5.41) is 0. The largest absolute Gasteiger partial charge is 0.0917 e. The maximum absolute atomic E-state index is 2.37. The number of hydrogen-bond acceptors (Lipinski definition) is 0. The van der Waals surface area contributed by atoms with Gasteiger partial charge in [-0.15, -0.1) is 0 Å². The molecule has 0 rings (SSSR count). The summed E-state index contributed by atoms with van der Waals surface area (Å²) in [6, 6.07) is 0. The molecule has 0 aliphatic heterocycles. The highest BCUT2D eigenvalue weighted by Gasteiger charge is 2.09. The van der Waals surface area contributed by atoms with Crippen molar-refractivity contribution in [2.75, 3.05) is 0 Å². The van der Waals surface area contributed by atoms with Crippen molar-refractivity contribution >= 4 is 0 Å². The molecule has 0 N–H and O–H groups in total. The highest BCUT2D eigenvalue weighted by atomic mass is 14.2. The summed E-state index contributed by atoms with van der Waals surface area (Å²) in [6.45, 7) is 9.19. The summed E-state index contributed by atoms with van der Waals surface area (Å²) in [5.74, 6) is 1.84. The minimum atomic E-state index is 0.876. The van der Waals surface area contributed by atoms with Gasteiger partial charge in [0.15, 0.2) is 0 Å². The number of hydrogen-bond donors (Lipinski definition) is 0. The van der Waals surface area contributed by atoms with Crippen molar-refractivity contribution in [2.45, 2.75) is 85.5 Å². The van der Waals surface area contributed by atoms with Crippen molar-refractivity contribution in [1.29, 1.82) is 0 Å². The lowest BCUT2D eigenvalue weighted by molar-refractivity contribution is 0.335. The first kappa shape index (κ1) is 16.7. The van der Waals surface area contributed by atoms with E-state index in [1.54, 1.807) is 0 Å². The van der Waals surface area contributed by atoms with Crippen molar-refractivity contribution in [3.8, 4) is 0 Å². The third-order valence-electron chi connectivity index (χ3n) is 3.90. The van der Waals surface area contributed by atoms with Crippen LogP contribution in [0.2, 0.25) is 0 Å². The van der Waals surface area contributed by atoms with Crippen LogP contribution >= 0.6 is 0 Å². The average molecular weight is 238 g/mol. The van der Waals surface area contributed by atoms with Crippen LogP contribution in [0.5, 0.6) is 0 Å². The first-order valence-corrected chi connectivity index (χ1v) is 7.83. The molecule has 1 unspecified atom stereocenters. The van der Waals surface area contributed by atoms with Gasteiger partial charge in [0.1, 0.15) is 0 Å². The fourth-order valence-corrected chi connectivity index (χ4v) is 2.55. The molecule has 0 heterocycles. The number of allylic oxidation sites excluding steroid dienone is 2. The van der Waals surface area contributed by atoms with Gasteiger partial charge in [0.2, 0.25) is 0 Å². The smallest absolute Gasteiger partial charge is 0.0351 e. The molecule has 0 bridgehead atoms. The van der Waals surface area contributed by atoms with Gasteiger partial charge in [-0.05, 0) is 31.6 Å². The van der Waals surface area contributed by atoms with Gasteiger partial charge in [0, 0.05) is 0 Å². The molecule has 0 saturated carbocycles. The average Bonchev–Trinajstić information content (AvgIpc) is 2.31. The Kier molecular flexibility index (Phi) is 12.0. The van der Waals surface area contributed by atoms with Gasteiger partial charge in [-0.1, -0.05) is 77.9 Å². The molecule has 0 saturated heterocycles. The Morgan fingerprint density at radius 2 is 1.47 bits per heavy atom. The third kappa shape index (κ3) is 10.6. The lowest BCUT2D eigenvalue weighted by Crippen LogP contribution is -2.06. The molecule has 0 fully saturated rings. The van der Waals surface area contributed by atoms with Crippen LogP contribution in [-0.2, 0) is 0 Å². The second-order valence-corrected chi connectivity index (χ2v) is 5.68. The predicted octanol–water partition coefficient (Wildman–Crippen LogP) is 6.37. The topological polar surface area (TPSA) is 0 Å². The highest BCUT2D eigenvalue weighted by molar-refractivity contribution is 4.76. The molecule has 0 nitrogen and oxygen atoms in total. The molecule has 0 aromatic heterocycles. The van der Waals surface area contributed by atoms with Crippen molar-refractivity contribution < 1.29 is 0 Å². The second kappa shape index (κ2) is 12.2. The summed E-state index contributed by atoms with van der Waals surface area (Å²) >= 11 is 0. The van der Waals surface area contributed by atoms with Crippen LogP contribution < -0.4 is 0 Å². The molecule has 0 aliphatic carbocycles. The van der Waals surface area contributed by atoms with Gasteiger partial charge in [0.05, 0.1) is 0 Å². The Morgan fingerprint density at radius 3 is 2.00 bits per heavy atom. The Hall–Kier alpha value is -0.260. The standard InChI is InChI=1S/C17H34/c1-5-7-8-9-10-11-12-13-14-15-17(6-2)16(3)4/h5,7,16-17H,6,8-15H2,1-4H3. The number of unbranched alkanes of at least 4 members (excludes halogenated alkanes) is 6. The van der Waals surface area contributed by atoms with E-state index < -0.39 is 0 Å². The first-order chi connectivity index (χ1) is 8.22. The molecule has 0 amide bonds. The van der Waals surface area contributed by atoms with Crippen LogP contribution in [0.4, 0.5) is 0 Å². The fraction of sp³-hybridized carbons (Fsp3) is 0.882. The maximum Gasteiger partial charge on any atom is -0.0351 e.